The molecule has 0 amide bonds. The van der Waals surface area contributed by atoms with Crippen LogP contribution < -0.4 is 4.74 Å². The Kier molecular flexibility index (Phi) is 4.34. The number of ether oxygens (including phenoxy) is 1. The SMILES string of the molecule is CCOc1cncc(C(=O)C2CCCC(C)C2)c1. The fourth-order valence-corrected chi connectivity index (χ4v) is 2.71. The van der Waals surface area contributed by atoms with Crippen molar-refractivity contribution in [3.05, 3.63) is 24.0 Å². The minimum Gasteiger partial charge on any atom is -0.492 e. The molecule has 18 heavy (non-hydrogen) atoms. The van der Waals surface area contributed by atoms with Crippen molar-refractivity contribution in [2.75, 3.05) is 6.61 Å². The summed E-state index contributed by atoms with van der Waals surface area (Å²) in [5, 5.41) is 0. The van der Waals surface area contributed by atoms with Gasteiger partial charge in [-0.05, 0) is 31.7 Å². The zero-order valence-corrected chi connectivity index (χ0v) is 11.2. The lowest BCUT2D eigenvalue weighted by Crippen LogP contribution is -2.22. The van der Waals surface area contributed by atoms with E-state index in [-0.39, 0.29) is 11.7 Å². The molecule has 1 fully saturated rings. The van der Waals surface area contributed by atoms with Gasteiger partial charge in [0.2, 0.25) is 0 Å². The average molecular weight is 247 g/mol. The van der Waals surface area contributed by atoms with E-state index in [1.807, 2.05) is 13.0 Å². The third-order valence-corrected chi connectivity index (χ3v) is 3.62. The molecule has 1 aliphatic carbocycles. The molecule has 98 valence electrons. The largest absolute Gasteiger partial charge is 0.492 e. The highest BCUT2D eigenvalue weighted by Gasteiger charge is 2.26. The van der Waals surface area contributed by atoms with Gasteiger partial charge in [0.05, 0.1) is 12.8 Å². The maximum Gasteiger partial charge on any atom is 0.167 e. The van der Waals surface area contributed by atoms with Gasteiger partial charge in [0.25, 0.3) is 0 Å². The molecule has 1 heterocycles. The first-order chi connectivity index (χ1) is 8.70. The molecule has 0 spiro atoms. The highest BCUT2D eigenvalue weighted by molar-refractivity contribution is 5.97. The van der Waals surface area contributed by atoms with E-state index in [0.29, 0.717) is 23.8 Å². The second kappa shape index (κ2) is 5.98. The Bertz CT molecular complexity index is 417. The number of carbonyl (C=O) groups is 1. The Morgan fingerprint density at radius 3 is 3.00 bits per heavy atom. The number of Topliss-reactive ketones (excluding diaryl/α,β-unsaturated/α-hetero) is 1. The minimum absolute atomic E-state index is 0.174. The first-order valence-corrected chi connectivity index (χ1v) is 6.82. The lowest BCUT2D eigenvalue weighted by atomic mass is 9.79. The Hall–Kier alpha value is -1.38. The summed E-state index contributed by atoms with van der Waals surface area (Å²) in [5.41, 5.74) is 0.694. The van der Waals surface area contributed by atoms with Crippen molar-refractivity contribution in [1.29, 1.82) is 0 Å². The molecule has 2 rings (SSSR count). The summed E-state index contributed by atoms with van der Waals surface area (Å²) >= 11 is 0. The van der Waals surface area contributed by atoms with E-state index in [1.54, 1.807) is 12.4 Å². The van der Waals surface area contributed by atoms with Gasteiger partial charge in [-0.25, -0.2) is 0 Å². The minimum atomic E-state index is 0.174. The molecular formula is C15H21NO2. The molecule has 2 unspecified atom stereocenters. The van der Waals surface area contributed by atoms with E-state index < -0.39 is 0 Å². The van der Waals surface area contributed by atoms with Crippen molar-refractivity contribution in [2.24, 2.45) is 11.8 Å². The summed E-state index contributed by atoms with van der Waals surface area (Å²) in [4.78, 5) is 16.5. The molecule has 1 aromatic rings. The van der Waals surface area contributed by atoms with Crippen LogP contribution in [0.25, 0.3) is 0 Å². The summed E-state index contributed by atoms with van der Waals surface area (Å²) in [5.74, 6) is 1.76. The van der Waals surface area contributed by atoms with Gasteiger partial charge < -0.3 is 4.74 Å². The summed E-state index contributed by atoms with van der Waals surface area (Å²) in [6.45, 7) is 4.76. The molecule has 0 aromatic carbocycles. The van der Waals surface area contributed by atoms with Gasteiger partial charge >= 0.3 is 0 Å². The molecule has 1 aromatic heterocycles. The van der Waals surface area contributed by atoms with Gasteiger partial charge in [0.1, 0.15) is 5.75 Å². The van der Waals surface area contributed by atoms with Crippen molar-refractivity contribution in [3.8, 4) is 5.75 Å². The summed E-state index contributed by atoms with van der Waals surface area (Å²) < 4.78 is 5.39. The molecule has 3 nitrogen and oxygen atoms in total. The van der Waals surface area contributed by atoms with Crippen LogP contribution >= 0.6 is 0 Å². The molecule has 2 atom stereocenters. The first-order valence-electron chi connectivity index (χ1n) is 6.82. The molecule has 0 bridgehead atoms. The number of rotatable bonds is 4. The summed E-state index contributed by atoms with van der Waals surface area (Å²) in [6.07, 6.45) is 7.75. The van der Waals surface area contributed by atoms with Gasteiger partial charge in [-0.15, -0.1) is 0 Å². The molecule has 0 radical (unpaired) electrons. The third-order valence-electron chi connectivity index (χ3n) is 3.62. The number of carbonyl (C=O) groups excluding carboxylic acids is 1. The van der Waals surface area contributed by atoms with Crippen LogP contribution in [0.2, 0.25) is 0 Å². The summed E-state index contributed by atoms with van der Waals surface area (Å²) in [6, 6.07) is 1.82. The van der Waals surface area contributed by atoms with E-state index in [0.717, 1.165) is 19.3 Å². The smallest absolute Gasteiger partial charge is 0.167 e. The maximum absolute atomic E-state index is 12.4. The predicted molar refractivity (Wildman–Crippen MR) is 70.9 cm³/mol. The Morgan fingerprint density at radius 2 is 2.28 bits per heavy atom. The first kappa shape index (κ1) is 13.1. The molecule has 3 heteroatoms. The lowest BCUT2D eigenvalue weighted by Gasteiger charge is -2.25. The summed E-state index contributed by atoms with van der Waals surface area (Å²) in [7, 11) is 0. The van der Waals surface area contributed by atoms with Crippen LogP contribution in [0.1, 0.15) is 49.9 Å². The Morgan fingerprint density at radius 1 is 1.44 bits per heavy atom. The van der Waals surface area contributed by atoms with E-state index in [2.05, 4.69) is 11.9 Å². The van der Waals surface area contributed by atoms with Gasteiger partial charge in [0, 0.05) is 17.7 Å². The zero-order valence-electron chi connectivity index (χ0n) is 11.2. The van der Waals surface area contributed by atoms with Gasteiger partial charge in [-0.3, -0.25) is 9.78 Å². The fourth-order valence-electron chi connectivity index (χ4n) is 2.71. The van der Waals surface area contributed by atoms with Crippen molar-refractivity contribution in [3.63, 3.8) is 0 Å². The van der Waals surface area contributed by atoms with Crippen LogP contribution in [0.5, 0.6) is 5.75 Å². The second-order valence-electron chi connectivity index (χ2n) is 5.18. The maximum atomic E-state index is 12.4. The normalized spacial score (nSPS) is 23.7. The van der Waals surface area contributed by atoms with E-state index in [1.165, 1.54) is 6.42 Å². The standard InChI is InChI=1S/C15H21NO2/c1-3-18-14-8-13(9-16-10-14)15(17)12-6-4-5-11(2)7-12/h8-12H,3-7H2,1-2H3. The molecular weight excluding hydrogens is 226 g/mol. The predicted octanol–water partition coefficient (Wildman–Crippen LogP) is 3.49. The van der Waals surface area contributed by atoms with E-state index in [9.17, 15) is 4.79 Å². The number of pyridine rings is 1. The van der Waals surface area contributed by atoms with E-state index in [4.69, 9.17) is 4.74 Å². The van der Waals surface area contributed by atoms with Crippen LogP contribution in [0.15, 0.2) is 18.5 Å². The van der Waals surface area contributed by atoms with Crippen LogP contribution in [0, 0.1) is 11.8 Å². The Balaban J connectivity index is 2.10. The van der Waals surface area contributed by atoms with Crippen molar-refractivity contribution in [1.82, 2.24) is 4.98 Å². The van der Waals surface area contributed by atoms with Crippen molar-refractivity contribution in [2.45, 2.75) is 39.5 Å². The number of ketones is 1. The molecule has 0 aliphatic heterocycles. The van der Waals surface area contributed by atoms with Crippen LogP contribution in [-0.4, -0.2) is 17.4 Å². The lowest BCUT2D eigenvalue weighted by molar-refractivity contribution is 0.0867. The Labute approximate surface area is 109 Å². The number of aromatic nitrogens is 1. The van der Waals surface area contributed by atoms with Gasteiger partial charge in [-0.2, -0.15) is 0 Å². The molecule has 1 aliphatic rings. The second-order valence-corrected chi connectivity index (χ2v) is 5.18. The quantitative estimate of drug-likeness (QED) is 0.764. The fraction of sp³-hybridized carbons (Fsp3) is 0.600. The zero-order chi connectivity index (χ0) is 13.0. The third kappa shape index (κ3) is 3.09. The molecule has 1 saturated carbocycles. The highest BCUT2D eigenvalue weighted by Crippen LogP contribution is 2.31. The van der Waals surface area contributed by atoms with Gasteiger partial charge in [-0.1, -0.05) is 19.8 Å². The molecule has 0 N–H and O–H groups in total. The van der Waals surface area contributed by atoms with Crippen LogP contribution in [0.4, 0.5) is 0 Å². The molecule has 0 saturated heterocycles. The van der Waals surface area contributed by atoms with Gasteiger partial charge in [0.15, 0.2) is 5.78 Å². The van der Waals surface area contributed by atoms with Crippen molar-refractivity contribution >= 4 is 5.78 Å². The number of nitrogens with zero attached hydrogens (tertiary/aromatic N) is 1. The van der Waals surface area contributed by atoms with Crippen LogP contribution in [0.3, 0.4) is 0 Å². The average Bonchev–Trinajstić information content (AvgIpc) is 2.39. The van der Waals surface area contributed by atoms with Crippen molar-refractivity contribution < 1.29 is 9.53 Å². The topological polar surface area (TPSA) is 39.2 Å². The van der Waals surface area contributed by atoms with E-state index >= 15 is 0 Å². The monoisotopic (exact) mass is 247 g/mol. The van der Waals surface area contributed by atoms with Crippen LogP contribution in [-0.2, 0) is 0 Å². The highest BCUT2D eigenvalue weighted by atomic mass is 16.5. The number of hydrogen-bond acceptors (Lipinski definition) is 3. The number of hydrogen-bond donors (Lipinski definition) is 0.